The monoisotopic (exact) mass is 381 g/mol. The molecule has 25 heavy (non-hydrogen) atoms. The van der Waals surface area contributed by atoms with Gasteiger partial charge in [0.25, 0.3) is 0 Å². The highest BCUT2D eigenvalue weighted by molar-refractivity contribution is 7.89. The van der Waals surface area contributed by atoms with Crippen LogP contribution in [-0.4, -0.2) is 29.2 Å². The van der Waals surface area contributed by atoms with Gasteiger partial charge < -0.3 is 9.47 Å². The van der Waals surface area contributed by atoms with Gasteiger partial charge in [0, 0.05) is 11.6 Å². The minimum absolute atomic E-state index is 0.108. The smallest absolute Gasteiger partial charge is 0.240 e. The average Bonchev–Trinajstić information content (AvgIpc) is 3.01. The second kappa shape index (κ2) is 7.23. The van der Waals surface area contributed by atoms with Crippen molar-refractivity contribution in [2.24, 2.45) is 0 Å². The van der Waals surface area contributed by atoms with Gasteiger partial charge in [-0.15, -0.1) is 0 Å². The fourth-order valence-electron chi connectivity index (χ4n) is 3.14. The van der Waals surface area contributed by atoms with Crippen molar-refractivity contribution in [2.45, 2.75) is 23.7 Å². The Morgan fingerprint density at radius 1 is 1.12 bits per heavy atom. The summed E-state index contributed by atoms with van der Waals surface area (Å²) in [6.07, 6.45) is 1.78. The molecule has 1 atom stereocenters. The van der Waals surface area contributed by atoms with Gasteiger partial charge in [-0.2, -0.15) is 0 Å². The zero-order valence-corrected chi connectivity index (χ0v) is 15.7. The van der Waals surface area contributed by atoms with Gasteiger partial charge in [0.2, 0.25) is 10.0 Å². The Bertz CT molecular complexity index is 865. The summed E-state index contributed by atoms with van der Waals surface area (Å²) in [5.74, 6) is 1.47. The summed E-state index contributed by atoms with van der Waals surface area (Å²) in [6, 6.07) is 10.1. The molecule has 0 radical (unpaired) electrons. The fourth-order valence-corrected chi connectivity index (χ4v) is 4.35. The predicted octanol–water partition coefficient (Wildman–Crippen LogP) is 3.37. The first-order valence-corrected chi connectivity index (χ1v) is 9.80. The van der Waals surface area contributed by atoms with E-state index in [0.717, 1.165) is 18.4 Å². The molecule has 134 valence electrons. The number of nitrogens with one attached hydrogen (secondary N) is 1. The lowest BCUT2D eigenvalue weighted by Gasteiger charge is -2.15. The molecular weight excluding hydrogens is 362 g/mol. The molecule has 2 aromatic carbocycles. The first kappa shape index (κ1) is 18.0. The van der Waals surface area contributed by atoms with Gasteiger partial charge in [-0.1, -0.05) is 11.6 Å². The molecule has 0 spiro atoms. The summed E-state index contributed by atoms with van der Waals surface area (Å²) >= 11 is 5.81. The number of hydrogen-bond acceptors (Lipinski definition) is 4. The fraction of sp³-hybridized carbons (Fsp3) is 0.333. The van der Waals surface area contributed by atoms with Crippen LogP contribution in [0.25, 0.3) is 0 Å². The molecule has 0 heterocycles. The van der Waals surface area contributed by atoms with Gasteiger partial charge in [0.1, 0.15) is 0 Å². The van der Waals surface area contributed by atoms with Crippen molar-refractivity contribution in [1.29, 1.82) is 0 Å². The van der Waals surface area contributed by atoms with Crippen molar-refractivity contribution >= 4 is 21.6 Å². The molecular formula is C18H20ClNO4S. The van der Waals surface area contributed by atoms with Gasteiger partial charge in [-0.25, -0.2) is 13.1 Å². The van der Waals surface area contributed by atoms with Crippen molar-refractivity contribution < 1.29 is 17.9 Å². The van der Waals surface area contributed by atoms with Gasteiger partial charge in [0.05, 0.1) is 19.1 Å². The molecule has 0 saturated heterocycles. The number of ether oxygens (including phenoxy) is 2. The number of hydrogen-bond donors (Lipinski definition) is 1. The van der Waals surface area contributed by atoms with E-state index in [1.54, 1.807) is 26.4 Å². The maximum absolute atomic E-state index is 12.4. The number of benzene rings is 2. The van der Waals surface area contributed by atoms with Gasteiger partial charge in [0.15, 0.2) is 11.5 Å². The molecule has 0 bridgehead atoms. The molecule has 3 rings (SSSR count). The van der Waals surface area contributed by atoms with E-state index in [4.69, 9.17) is 21.1 Å². The minimum atomic E-state index is -3.56. The molecule has 0 amide bonds. The number of sulfonamides is 1. The van der Waals surface area contributed by atoms with Gasteiger partial charge >= 0.3 is 0 Å². The standard InChI is InChI=1S/C18H20ClNO4S/c1-23-17-9-12-3-4-13(16(12)10-18(17)24-2)11-20-25(21,22)15-7-5-14(19)6-8-15/h5-10,13,20H,3-4,11H2,1-2H3. The summed E-state index contributed by atoms with van der Waals surface area (Å²) in [4.78, 5) is 0.211. The Morgan fingerprint density at radius 3 is 2.40 bits per heavy atom. The zero-order chi connectivity index (χ0) is 18.0. The summed E-state index contributed by atoms with van der Waals surface area (Å²) in [5, 5.41) is 0.504. The van der Waals surface area contributed by atoms with Crippen LogP contribution < -0.4 is 14.2 Å². The molecule has 0 aromatic heterocycles. The van der Waals surface area contributed by atoms with E-state index >= 15 is 0 Å². The normalized spacial score (nSPS) is 16.5. The third-order valence-corrected chi connectivity index (χ3v) is 6.18. The summed E-state index contributed by atoms with van der Waals surface area (Å²) in [7, 11) is -0.357. The highest BCUT2D eigenvalue weighted by Crippen LogP contribution is 2.40. The topological polar surface area (TPSA) is 64.6 Å². The lowest BCUT2D eigenvalue weighted by Crippen LogP contribution is -2.28. The van der Waals surface area contributed by atoms with Crippen LogP contribution in [0.1, 0.15) is 23.5 Å². The van der Waals surface area contributed by atoms with Crippen LogP contribution in [0.2, 0.25) is 5.02 Å². The number of fused-ring (bicyclic) bond motifs is 1. The molecule has 1 unspecified atom stereocenters. The molecule has 2 aromatic rings. The lowest BCUT2D eigenvalue weighted by atomic mass is 10.0. The van der Waals surface area contributed by atoms with E-state index in [1.165, 1.54) is 17.7 Å². The van der Waals surface area contributed by atoms with Crippen molar-refractivity contribution in [1.82, 2.24) is 4.72 Å². The highest BCUT2D eigenvalue weighted by Gasteiger charge is 2.26. The first-order valence-electron chi connectivity index (χ1n) is 7.94. The third-order valence-electron chi connectivity index (χ3n) is 4.49. The summed E-state index contributed by atoms with van der Waals surface area (Å²) in [6.45, 7) is 0.341. The Morgan fingerprint density at radius 2 is 1.76 bits per heavy atom. The van der Waals surface area contributed by atoms with Crippen LogP contribution in [0.5, 0.6) is 11.5 Å². The van der Waals surface area contributed by atoms with Crippen molar-refractivity contribution in [3.63, 3.8) is 0 Å². The molecule has 0 saturated carbocycles. The summed E-state index contributed by atoms with van der Waals surface area (Å²) in [5.41, 5.74) is 2.28. The van der Waals surface area contributed by atoms with Crippen LogP contribution >= 0.6 is 11.6 Å². The molecule has 7 heteroatoms. The third kappa shape index (κ3) is 3.76. The van der Waals surface area contributed by atoms with Crippen LogP contribution in [0.15, 0.2) is 41.3 Å². The second-order valence-electron chi connectivity index (χ2n) is 5.95. The highest BCUT2D eigenvalue weighted by atomic mass is 35.5. The van der Waals surface area contributed by atoms with E-state index < -0.39 is 10.0 Å². The van der Waals surface area contributed by atoms with Gasteiger partial charge in [-0.05, 0) is 66.3 Å². The molecule has 0 fully saturated rings. The van der Waals surface area contributed by atoms with E-state index in [-0.39, 0.29) is 10.8 Å². The van der Waals surface area contributed by atoms with Crippen LogP contribution in [-0.2, 0) is 16.4 Å². The van der Waals surface area contributed by atoms with Crippen LogP contribution in [0.4, 0.5) is 0 Å². The van der Waals surface area contributed by atoms with E-state index in [1.807, 2.05) is 12.1 Å². The van der Waals surface area contributed by atoms with Crippen LogP contribution in [0, 0.1) is 0 Å². The number of methoxy groups -OCH3 is 2. The number of halogens is 1. The quantitative estimate of drug-likeness (QED) is 0.833. The molecule has 1 aliphatic carbocycles. The molecule has 0 aliphatic heterocycles. The Kier molecular flexibility index (Phi) is 5.22. The maximum atomic E-state index is 12.4. The van der Waals surface area contributed by atoms with Crippen molar-refractivity contribution in [3.05, 3.63) is 52.5 Å². The predicted molar refractivity (Wildman–Crippen MR) is 97.2 cm³/mol. The molecule has 1 aliphatic rings. The van der Waals surface area contributed by atoms with E-state index in [9.17, 15) is 8.42 Å². The van der Waals surface area contributed by atoms with E-state index in [2.05, 4.69) is 4.72 Å². The van der Waals surface area contributed by atoms with Crippen molar-refractivity contribution in [2.75, 3.05) is 20.8 Å². The van der Waals surface area contributed by atoms with E-state index in [0.29, 0.717) is 23.1 Å². The average molecular weight is 382 g/mol. The SMILES string of the molecule is COc1cc2c(cc1OC)C(CNS(=O)(=O)c1ccc(Cl)cc1)CC2. The zero-order valence-electron chi connectivity index (χ0n) is 14.1. The van der Waals surface area contributed by atoms with Gasteiger partial charge in [-0.3, -0.25) is 0 Å². The Labute approximate surface area is 153 Å². The molecule has 1 N–H and O–H groups in total. The molecule has 5 nitrogen and oxygen atoms in total. The largest absolute Gasteiger partial charge is 0.493 e. The Balaban J connectivity index is 1.77. The van der Waals surface area contributed by atoms with Crippen LogP contribution in [0.3, 0.4) is 0 Å². The summed E-state index contributed by atoms with van der Waals surface area (Å²) < 4.78 is 38.3. The van der Waals surface area contributed by atoms with Crippen molar-refractivity contribution in [3.8, 4) is 11.5 Å². The number of rotatable bonds is 6. The minimum Gasteiger partial charge on any atom is -0.493 e. The first-order chi connectivity index (χ1) is 11.9. The maximum Gasteiger partial charge on any atom is 0.240 e. The second-order valence-corrected chi connectivity index (χ2v) is 8.15. The lowest BCUT2D eigenvalue weighted by molar-refractivity contribution is 0.354. The Hall–Kier alpha value is -1.76. The number of aryl methyl sites for hydroxylation is 1.